The van der Waals surface area contributed by atoms with Gasteiger partial charge in [0.2, 0.25) is 0 Å². The molecule has 6 aromatic rings. The monoisotopic (exact) mass is 650 g/mol. The lowest BCUT2D eigenvalue weighted by Crippen LogP contribution is -2.16. The van der Waals surface area contributed by atoms with Gasteiger partial charge in [-0.05, 0) is 97.5 Å². The second kappa shape index (κ2) is 16.1. The maximum Gasteiger partial charge on any atom is 0.127 e. The molecule has 0 fully saturated rings. The van der Waals surface area contributed by atoms with Gasteiger partial charge < -0.3 is 14.2 Å². The minimum atomic E-state index is -0.517. The summed E-state index contributed by atoms with van der Waals surface area (Å²) in [7, 11) is 0. The van der Waals surface area contributed by atoms with Crippen LogP contribution in [0.1, 0.15) is 73.5 Å². The van der Waals surface area contributed by atoms with E-state index in [1.54, 1.807) is 12.4 Å². The highest BCUT2D eigenvalue weighted by atomic mass is 16.5. The van der Waals surface area contributed by atoms with Gasteiger partial charge in [-0.25, -0.2) is 0 Å². The molecular formula is C42H42N4O3. The molecule has 7 heteroatoms. The zero-order valence-corrected chi connectivity index (χ0v) is 28.5. The van der Waals surface area contributed by atoms with E-state index >= 15 is 0 Å². The molecule has 4 aromatic carbocycles. The fraction of sp³-hybridized carbons (Fsp3) is 0.238. The molecule has 248 valence electrons. The Morgan fingerprint density at radius 3 is 1.14 bits per heavy atom. The van der Waals surface area contributed by atoms with Crippen molar-refractivity contribution >= 4 is 0 Å². The van der Waals surface area contributed by atoms with E-state index in [1.807, 2.05) is 74.8 Å². The van der Waals surface area contributed by atoms with Gasteiger partial charge in [0.25, 0.3) is 0 Å². The molecule has 2 aromatic heterocycles. The third kappa shape index (κ3) is 8.19. The van der Waals surface area contributed by atoms with Crippen molar-refractivity contribution in [2.45, 2.75) is 52.7 Å². The molecule has 0 aliphatic rings. The molecule has 2 heterocycles. The zero-order chi connectivity index (χ0) is 34.0. The first-order chi connectivity index (χ1) is 24.1. The summed E-state index contributed by atoms with van der Waals surface area (Å²) in [5, 5.41) is 0. The van der Waals surface area contributed by atoms with Crippen LogP contribution in [0.2, 0.25) is 0 Å². The molecule has 0 N–H and O–H groups in total. The molecule has 0 aliphatic carbocycles. The SMILES string of the molecule is CCOc1ccc(-c2cnc(C(OC(c3ccc(CC)cc3)c3cnc(-c4ccc(OCC)cc4)cn3)c3ccc(CC)cc3)cn2)cc1. The summed E-state index contributed by atoms with van der Waals surface area (Å²) in [6, 6.07) is 32.8. The van der Waals surface area contributed by atoms with Crippen LogP contribution in [-0.2, 0) is 17.6 Å². The van der Waals surface area contributed by atoms with Crippen molar-refractivity contribution in [1.29, 1.82) is 0 Å². The van der Waals surface area contributed by atoms with E-state index in [4.69, 9.17) is 34.1 Å². The van der Waals surface area contributed by atoms with Crippen molar-refractivity contribution in [1.82, 2.24) is 19.9 Å². The van der Waals surface area contributed by atoms with Gasteiger partial charge in [-0.15, -0.1) is 0 Å². The van der Waals surface area contributed by atoms with E-state index < -0.39 is 12.2 Å². The number of hydrogen-bond donors (Lipinski definition) is 0. The van der Waals surface area contributed by atoms with Crippen LogP contribution in [0.3, 0.4) is 0 Å². The van der Waals surface area contributed by atoms with Gasteiger partial charge in [-0.1, -0.05) is 62.4 Å². The zero-order valence-electron chi connectivity index (χ0n) is 28.5. The largest absolute Gasteiger partial charge is 0.494 e. The Kier molecular flexibility index (Phi) is 11.0. The quantitative estimate of drug-likeness (QED) is 0.116. The summed E-state index contributed by atoms with van der Waals surface area (Å²) >= 11 is 0. The topological polar surface area (TPSA) is 79.2 Å². The van der Waals surface area contributed by atoms with Crippen molar-refractivity contribution < 1.29 is 14.2 Å². The molecule has 0 spiro atoms. The number of benzene rings is 4. The molecule has 0 radical (unpaired) electrons. The molecule has 2 unspecified atom stereocenters. The average Bonchev–Trinajstić information content (AvgIpc) is 3.17. The van der Waals surface area contributed by atoms with Crippen LogP contribution < -0.4 is 9.47 Å². The fourth-order valence-electron chi connectivity index (χ4n) is 5.65. The molecule has 2 atom stereocenters. The first kappa shape index (κ1) is 33.5. The van der Waals surface area contributed by atoms with E-state index in [0.717, 1.165) is 58.0 Å². The smallest absolute Gasteiger partial charge is 0.127 e. The van der Waals surface area contributed by atoms with Crippen LogP contribution in [0.15, 0.2) is 122 Å². The number of hydrogen-bond acceptors (Lipinski definition) is 7. The summed E-state index contributed by atoms with van der Waals surface area (Å²) in [5.74, 6) is 1.65. The van der Waals surface area contributed by atoms with Crippen molar-refractivity contribution in [3.63, 3.8) is 0 Å². The van der Waals surface area contributed by atoms with E-state index in [-0.39, 0.29) is 0 Å². The van der Waals surface area contributed by atoms with Gasteiger partial charge in [0.1, 0.15) is 23.7 Å². The summed E-state index contributed by atoms with van der Waals surface area (Å²) in [6.45, 7) is 9.50. The molecule has 49 heavy (non-hydrogen) atoms. The number of aryl methyl sites for hydroxylation is 2. The molecule has 0 amide bonds. The predicted molar refractivity (Wildman–Crippen MR) is 194 cm³/mol. The average molecular weight is 651 g/mol. The Morgan fingerprint density at radius 2 is 0.837 bits per heavy atom. The molecule has 7 nitrogen and oxygen atoms in total. The Bertz CT molecular complexity index is 1750. The molecule has 0 saturated carbocycles. The van der Waals surface area contributed by atoms with Gasteiger partial charge in [0.15, 0.2) is 0 Å². The Hall–Kier alpha value is -5.40. The number of aromatic nitrogens is 4. The summed E-state index contributed by atoms with van der Waals surface area (Å²) in [6.07, 6.45) is 8.09. The maximum absolute atomic E-state index is 7.08. The van der Waals surface area contributed by atoms with Crippen LogP contribution >= 0.6 is 0 Å². The van der Waals surface area contributed by atoms with Gasteiger partial charge in [0.05, 0.1) is 60.8 Å². The summed E-state index contributed by atoms with van der Waals surface area (Å²) < 4.78 is 18.3. The molecule has 0 aliphatic heterocycles. The maximum atomic E-state index is 7.08. The van der Waals surface area contributed by atoms with Gasteiger partial charge in [0, 0.05) is 11.1 Å². The van der Waals surface area contributed by atoms with Crippen LogP contribution in [0.4, 0.5) is 0 Å². The van der Waals surface area contributed by atoms with Gasteiger partial charge in [-0.3, -0.25) is 19.9 Å². The van der Waals surface area contributed by atoms with Crippen molar-refractivity contribution in [2.24, 2.45) is 0 Å². The van der Waals surface area contributed by atoms with E-state index in [9.17, 15) is 0 Å². The van der Waals surface area contributed by atoms with Crippen molar-refractivity contribution in [2.75, 3.05) is 13.2 Å². The van der Waals surface area contributed by atoms with Crippen LogP contribution in [0.25, 0.3) is 22.5 Å². The minimum absolute atomic E-state index is 0.517. The van der Waals surface area contributed by atoms with Crippen LogP contribution in [-0.4, -0.2) is 33.1 Å². The van der Waals surface area contributed by atoms with Crippen molar-refractivity contribution in [3.05, 3.63) is 155 Å². The number of ether oxygens (including phenoxy) is 3. The second-order valence-corrected chi connectivity index (χ2v) is 11.7. The highest BCUT2D eigenvalue weighted by Crippen LogP contribution is 2.36. The molecule has 6 rings (SSSR count). The lowest BCUT2D eigenvalue weighted by molar-refractivity contribution is 0.0258. The van der Waals surface area contributed by atoms with Gasteiger partial charge >= 0.3 is 0 Å². The van der Waals surface area contributed by atoms with Crippen molar-refractivity contribution in [3.8, 4) is 34.0 Å². The molecule has 0 bridgehead atoms. The predicted octanol–water partition coefficient (Wildman–Crippen LogP) is 9.42. The fourth-order valence-corrected chi connectivity index (χ4v) is 5.65. The third-order valence-corrected chi connectivity index (χ3v) is 8.46. The van der Waals surface area contributed by atoms with Crippen LogP contribution in [0, 0.1) is 0 Å². The standard InChI is InChI=1S/C42H42N4O3/c1-5-29-9-13-33(14-10-29)41(39-27-43-37(25-45-39)31-17-21-35(22-18-31)47-7-3)49-42(34-15-11-30(6-2)12-16-34)40-28-44-38(26-46-40)32-19-23-36(24-20-32)48-8-4/h9-28,41-42H,5-8H2,1-4H3. The highest BCUT2D eigenvalue weighted by Gasteiger charge is 2.26. The first-order valence-electron chi connectivity index (χ1n) is 17.0. The molecule has 0 saturated heterocycles. The van der Waals surface area contributed by atoms with E-state index in [0.29, 0.717) is 24.6 Å². The Labute approximate surface area is 289 Å². The lowest BCUT2D eigenvalue weighted by Gasteiger charge is -2.25. The van der Waals surface area contributed by atoms with Gasteiger partial charge in [-0.2, -0.15) is 0 Å². The van der Waals surface area contributed by atoms with E-state index in [2.05, 4.69) is 62.4 Å². The third-order valence-electron chi connectivity index (χ3n) is 8.46. The normalized spacial score (nSPS) is 12.3. The second-order valence-electron chi connectivity index (χ2n) is 11.7. The number of nitrogens with zero attached hydrogens (tertiary/aromatic N) is 4. The van der Waals surface area contributed by atoms with E-state index in [1.165, 1.54) is 11.1 Å². The number of rotatable bonds is 14. The highest BCUT2D eigenvalue weighted by molar-refractivity contribution is 5.60. The molecular weight excluding hydrogens is 608 g/mol. The summed E-state index contributed by atoms with van der Waals surface area (Å²) in [4.78, 5) is 19.5. The minimum Gasteiger partial charge on any atom is -0.494 e. The Balaban J connectivity index is 1.35. The first-order valence-corrected chi connectivity index (χ1v) is 17.0. The Morgan fingerprint density at radius 1 is 0.449 bits per heavy atom. The summed E-state index contributed by atoms with van der Waals surface area (Å²) in [5.41, 5.74) is 9.34. The lowest BCUT2D eigenvalue weighted by atomic mass is 10.0. The van der Waals surface area contributed by atoms with Crippen LogP contribution in [0.5, 0.6) is 11.5 Å².